The summed E-state index contributed by atoms with van der Waals surface area (Å²) >= 11 is 0. The van der Waals surface area contributed by atoms with Crippen LogP contribution in [0.25, 0.3) is 0 Å². The molecule has 61 heavy (non-hydrogen) atoms. The van der Waals surface area contributed by atoms with E-state index in [1.54, 1.807) is 45.9 Å². The van der Waals surface area contributed by atoms with Crippen molar-refractivity contribution in [3.05, 3.63) is 59.2 Å². The van der Waals surface area contributed by atoms with Crippen LogP contribution >= 0.6 is 0 Å². The highest BCUT2D eigenvalue weighted by molar-refractivity contribution is 5.96. The monoisotopic (exact) mass is 855 g/mol. The van der Waals surface area contributed by atoms with Gasteiger partial charge < -0.3 is 53.4 Å². The summed E-state index contributed by atoms with van der Waals surface area (Å²) in [6.45, 7) is 14.1. The summed E-state index contributed by atoms with van der Waals surface area (Å²) in [7, 11) is 0. The van der Waals surface area contributed by atoms with E-state index in [4.69, 9.17) is 37.9 Å². The second-order valence-corrected chi connectivity index (χ2v) is 17.8. The number of aliphatic hydroxyl groups excluding tert-OH is 2. The molecule has 2 saturated carbocycles. The molecule has 1 spiro atoms. The van der Waals surface area contributed by atoms with Crippen molar-refractivity contribution in [1.29, 1.82) is 0 Å². The predicted octanol–water partition coefficient (Wildman–Crippen LogP) is 3.19. The molecule has 3 N–H and O–H groups in total. The van der Waals surface area contributed by atoms with Gasteiger partial charge in [0.1, 0.15) is 11.7 Å². The Morgan fingerprint density at radius 1 is 0.984 bits per heavy atom. The van der Waals surface area contributed by atoms with Crippen LogP contribution in [0.5, 0.6) is 0 Å². The molecule has 12 atom stereocenters. The van der Waals surface area contributed by atoms with Crippen molar-refractivity contribution in [3.8, 4) is 0 Å². The van der Waals surface area contributed by atoms with Gasteiger partial charge in [0, 0.05) is 25.7 Å². The molecule has 1 aromatic rings. The third-order valence-corrected chi connectivity index (χ3v) is 12.6. The van der Waals surface area contributed by atoms with Crippen molar-refractivity contribution < 1.29 is 81.7 Å². The van der Waals surface area contributed by atoms with Crippen LogP contribution in [-0.4, -0.2) is 124 Å². The van der Waals surface area contributed by atoms with Crippen LogP contribution in [0.2, 0.25) is 0 Å². The maximum atomic E-state index is 15.6. The summed E-state index contributed by atoms with van der Waals surface area (Å²) in [6.07, 6.45) is -12.0. The standard InChI is InChI=1S/C43H53NO17/c1-11-15-24(44-37(52)60-39(5,6)7)28(48)36(51)56-29-20(2)27-30(55-21(3)45)32(49)41(10)25(47)18-26-42(19-54-26,59-22(4)46)31(41)34(57-35(50)23-16-13-12-14-17-23)43(40(27,8)9)33(29)58-38(53)61-43/h11-17,24-26,28-31,33-34,47-48H,18-19H2,1-10H3,(H,44,52)/b15-11+/t24-,25-,26+,28+,29+,30+,31?,33-,34-,41+,42-,43+/m0/s1. The highest BCUT2D eigenvalue weighted by Crippen LogP contribution is 2.66. The molecule has 0 radical (unpaired) electrons. The molecule has 2 bridgehead atoms. The first-order valence-electron chi connectivity index (χ1n) is 20.0. The van der Waals surface area contributed by atoms with Crippen molar-refractivity contribution in [1.82, 2.24) is 5.32 Å². The second kappa shape index (κ2) is 15.9. The Labute approximate surface area is 352 Å². The Morgan fingerprint density at radius 2 is 1.64 bits per heavy atom. The van der Waals surface area contributed by atoms with Crippen molar-refractivity contribution in [2.24, 2.45) is 16.7 Å². The van der Waals surface area contributed by atoms with E-state index < -0.39 is 124 Å². The van der Waals surface area contributed by atoms with Gasteiger partial charge in [0.2, 0.25) is 5.60 Å². The van der Waals surface area contributed by atoms with Gasteiger partial charge in [0.15, 0.2) is 41.9 Å². The Balaban J connectivity index is 1.62. The average Bonchev–Trinajstić information content (AvgIpc) is 3.52. The summed E-state index contributed by atoms with van der Waals surface area (Å²) in [5.41, 5.74) is -9.06. The molecule has 1 amide bonds. The molecule has 4 fully saturated rings. The van der Waals surface area contributed by atoms with Crippen molar-refractivity contribution in [2.75, 3.05) is 6.61 Å². The van der Waals surface area contributed by atoms with Crippen LogP contribution < -0.4 is 5.32 Å². The fourth-order valence-corrected chi connectivity index (χ4v) is 10.0. The zero-order valence-electron chi connectivity index (χ0n) is 35.7. The number of esters is 4. The highest BCUT2D eigenvalue weighted by atomic mass is 16.8. The van der Waals surface area contributed by atoms with Gasteiger partial charge in [-0.2, -0.15) is 0 Å². The largest absolute Gasteiger partial charge is 0.509 e. The van der Waals surface area contributed by atoms with Crippen molar-refractivity contribution in [3.63, 3.8) is 0 Å². The number of alkyl carbamates (subject to hydrolysis) is 1. The minimum Gasteiger partial charge on any atom is -0.454 e. The number of rotatable bonds is 9. The topological polar surface area (TPSA) is 246 Å². The first-order valence-corrected chi connectivity index (χ1v) is 20.0. The zero-order chi connectivity index (χ0) is 45.2. The lowest BCUT2D eigenvalue weighted by atomic mass is 9.44. The lowest BCUT2D eigenvalue weighted by Crippen LogP contribution is -2.83. The van der Waals surface area contributed by atoms with E-state index in [9.17, 15) is 39.0 Å². The van der Waals surface area contributed by atoms with Gasteiger partial charge in [-0.25, -0.2) is 19.2 Å². The number of carbonyl (C=O) groups is 7. The van der Waals surface area contributed by atoms with E-state index in [1.165, 1.54) is 52.0 Å². The van der Waals surface area contributed by atoms with Crippen molar-refractivity contribution >= 4 is 41.9 Å². The summed E-state index contributed by atoms with van der Waals surface area (Å²) in [5.74, 6) is -6.64. The smallest absolute Gasteiger partial charge is 0.454 e. The molecule has 18 heteroatoms. The molecule has 5 aliphatic rings. The van der Waals surface area contributed by atoms with Gasteiger partial charge in [-0.1, -0.05) is 44.2 Å². The molecule has 0 aromatic heterocycles. The van der Waals surface area contributed by atoms with E-state index in [0.717, 1.165) is 13.8 Å². The molecule has 3 aliphatic carbocycles. The number of ether oxygens (including phenoxy) is 8. The van der Waals surface area contributed by atoms with Gasteiger partial charge in [0.05, 0.1) is 35.6 Å². The summed E-state index contributed by atoms with van der Waals surface area (Å²) in [6, 6.07) is 6.28. The average molecular weight is 856 g/mol. The molecule has 6 rings (SSSR count). The van der Waals surface area contributed by atoms with E-state index >= 15 is 4.79 Å². The first-order chi connectivity index (χ1) is 28.4. The minimum atomic E-state index is -2.37. The van der Waals surface area contributed by atoms with Crippen LogP contribution in [-0.2, 0) is 57.1 Å². The van der Waals surface area contributed by atoms with Gasteiger partial charge in [0.25, 0.3) is 0 Å². The van der Waals surface area contributed by atoms with Crippen LogP contribution in [0.15, 0.2) is 53.6 Å². The molecule has 1 unspecified atom stereocenters. The SMILES string of the molecule is C/C=C/[C@H](NC(=O)OC(C)(C)C)[C@@H](O)C(=O)O[C@@H]1C(C)=C2[C@@H](OC(C)=O)C(=O)[C@@]3(C)C([C@H](OC(=O)c4ccccc4)[C@@]4(OC(=O)O[C@@H]14)C2(C)C)[C@]1(OC(C)=O)CO[C@@H]1C[C@@H]3O. The Kier molecular flexibility index (Phi) is 11.7. The molecular formula is C43H53NO17. The molecule has 1 aromatic carbocycles. The number of nitrogens with one attached hydrogen (secondary N) is 1. The summed E-state index contributed by atoms with van der Waals surface area (Å²) in [5, 5.41) is 26.0. The van der Waals surface area contributed by atoms with Crippen LogP contribution in [0.3, 0.4) is 0 Å². The fraction of sp³-hybridized carbons (Fsp3) is 0.605. The van der Waals surface area contributed by atoms with Gasteiger partial charge in [-0.3, -0.25) is 14.4 Å². The number of allylic oxidation sites excluding steroid dienone is 1. The van der Waals surface area contributed by atoms with E-state index in [-0.39, 0.29) is 29.7 Å². The van der Waals surface area contributed by atoms with Crippen molar-refractivity contribution in [2.45, 2.75) is 141 Å². The molecule has 2 aliphatic heterocycles. The van der Waals surface area contributed by atoms with Gasteiger partial charge in [-0.05, 0) is 64.8 Å². The number of fused-ring (bicyclic) bond motifs is 4. The molecule has 18 nitrogen and oxygen atoms in total. The maximum Gasteiger partial charge on any atom is 0.509 e. The third-order valence-electron chi connectivity index (χ3n) is 12.6. The van der Waals surface area contributed by atoms with Crippen LogP contribution in [0, 0.1) is 16.7 Å². The van der Waals surface area contributed by atoms with Gasteiger partial charge in [-0.15, -0.1) is 0 Å². The lowest BCUT2D eigenvalue weighted by molar-refractivity contribution is -0.345. The van der Waals surface area contributed by atoms with Gasteiger partial charge >= 0.3 is 36.1 Å². The number of hydrogen-bond donors (Lipinski definition) is 3. The van der Waals surface area contributed by atoms with Crippen LogP contribution in [0.4, 0.5) is 9.59 Å². The number of benzene rings is 1. The summed E-state index contributed by atoms with van der Waals surface area (Å²) < 4.78 is 47.8. The Morgan fingerprint density at radius 3 is 2.20 bits per heavy atom. The predicted molar refractivity (Wildman–Crippen MR) is 207 cm³/mol. The number of aliphatic hydroxyl groups is 2. The molecule has 2 saturated heterocycles. The Hall–Kier alpha value is -5.33. The summed E-state index contributed by atoms with van der Waals surface area (Å²) in [4.78, 5) is 96.8. The Bertz CT molecular complexity index is 2050. The van der Waals surface area contributed by atoms with E-state index in [2.05, 4.69) is 5.32 Å². The van der Waals surface area contributed by atoms with E-state index in [1.807, 2.05) is 0 Å². The third kappa shape index (κ3) is 7.35. The number of amides is 1. The second-order valence-electron chi connectivity index (χ2n) is 17.8. The minimum absolute atomic E-state index is 0.0202. The number of hydrogen-bond acceptors (Lipinski definition) is 17. The normalized spacial score (nSPS) is 34.6. The zero-order valence-corrected chi connectivity index (χ0v) is 35.7. The van der Waals surface area contributed by atoms with Crippen LogP contribution in [0.1, 0.15) is 86.0 Å². The molecule has 2 heterocycles. The van der Waals surface area contributed by atoms with E-state index in [0.29, 0.717) is 0 Å². The maximum absolute atomic E-state index is 15.6. The lowest BCUT2D eigenvalue weighted by Gasteiger charge is -2.67. The number of Topliss-reactive ketones (excluding diaryl/α,β-unsaturated/α-hetero) is 1. The molecule has 332 valence electrons. The molecular weight excluding hydrogens is 802 g/mol. The fourth-order valence-electron chi connectivity index (χ4n) is 10.0. The quantitative estimate of drug-likeness (QED) is 0.183. The first kappa shape index (κ1) is 45.2. The highest BCUT2D eigenvalue weighted by Gasteiger charge is 2.83. The number of carbonyl (C=O) groups excluding carboxylic acids is 7. The number of ketones is 1.